The predicted molar refractivity (Wildman–Crippen MR) is 97.3 cm³/mol. The molecule has 0 spiro atoms. The van der Waals surface area contributed by atoms with Crippen LogP contribution in [-0.2, 0) is 13.0 Å². The van der Waals surface area contributed by atoms with E-state index in [0.29, 0.717) is 18.7 Å². The van der Waals surface area contributed by atoms with Crippen LogP contribution >= 0.6 is 0 Å². The molecule has 1 aliphatic heterocycles. The molecule has 4 rings (SSSR count). The van der Waals surface area contributed by atoms with Crippen molar-refractivity contribution in [3.63, 3.8) is 0 Å². The summed E-state index contributed by atoms with van der Waals surface area (Å²) in [6, 6.07) is 6.54. The number of imidazole rings is 1. The van der Waals surface area contributed by atoms with Gasteiger partial charge in [-0.25, -0.2) is 22.9 Å². The molecule has 0 unspecified atom stereocenters. The van der Waals surface area contributed by atoms with Crippen molar-refractivity contribution in [2.24, 2.45) is 0 Å². The molecule has 0 atom stereocenters. The number of aromatic carboxylic acids is 1. The van der Waals surface area contributed by atoms with Gasteiger partial charge in [-0.05, 0) is 49.6 Å². The van der Waals surface area contributed by atoms with Gasteiger partial charge in [-0.2, -0.15) is 0 Å². The molecule has 2 aromatic carbocycles. The van der Waals surface area contributed by atoms with Crippen molar-refractivity contribution in [1.29, 1.82) is 0 Å². The van der Waals surface area contributed by atoms with Crippen molar-refractivity contribution in [3.05, 3.63) is 76.5 Å². The van der Waals surface area contributed by atoms with E-state index in [0.717, 1.165) is 37.1 Å². The number of nitrogens with zero attached hydrogens (tertiary/aromatic N) is 2. The molecule has 1 N–H and O–H groups in total. The molecule has 0 saturated carbocycles. The highest BCUT2D eigenvalue weighted by Gasteiger charge is 2.29. The first-order chi connectivity index (χ1) is 13.9. The number of aromatic nitrogens is 2. The van der Waals surface area contributed by atoms with E-state index in [1.165, 1.54) is 12.1 Å². The zero-order chi connectivity index (χ0) is 20.7. The number of carboxylic acids is 1. The Bertz CT molecular complexity index is 1130. The van der Waals surface area contributed by atoms with Gasteiger partial charge in [0.2, 0.25) is 5.78 Å². The molecule has 0 saturated heterocycles. The van der Waals surface area contributed by atoms with E-state index < -0.39 is 34.8 Å². The summed E-state index contributed by atoms with van der Waals surface area (Å²) < 4.78 is 44.4. The van der Waals surface area contributed by atoms with E-state index in [4.69, 9.17) is 5.11 Å². The SMILES string of the molecule is O=C(O)c1ccc(-c2nc(C(=O)c3c(F)cccc3F)n3c2CCCC3)c(F)c1. The summed E-state index contributed by atoms with van der Waals surface area (Å²) in [5.74, 6) is -5.15. The number of benzene rings is 2. The van der Waals surface area contributed by atoms with Crippen LogP contribution < -0.4 is 0 Å². The maximum absolute atomic E-state index is 14.6. The first kappa shape index (κ1) is 18.9. The average molecular weight is 400 g/mol. The average Bonchev–Trinajstić information content (AvgIpc) is 3.07. The lowest BCUT2D eigenvalue weighted by Crippen LogP contribution is -2.18. The Morgan fingerprint density at radius 1 is 1.00 bits per heavy atom. The molecule has 29 heavy (non-hydrogen) atoms. The second-order valence-electron chi connectivity index (χ2n) is 6.77. The van der Waals surface area contributed by atoms with Crippen molar-refractivity contribution >= 4 is 11.8 Å². The van der Waals surface area contributed by atoms with Crippen molar-refractivity contribution < 1.29 is 27.9 Å². The van der Waals surface area contributed by atoms with Crippen LogP contribution in [0, 0.1) is 17.5 Å². The topological polar surface area (TPSA) is 72.2 Å². The van der Waals surface area contributed by atoms with Gasteiger partial charge in [-0.15, -0.1) is 0 Å². The highest BCUT2D eigenvalue weighted by molar-refractivity contribution is 6.07. The smallest absolute Gasteiger partial charge is 0.335 e. The third-order valence-corrected chi connectivity index (χ3v) is 4.98. The Hall–Kier alpha value is -3.42. The molecule has 148 valence electrons. The van der Waals surface area contributed by atoms with E-state index in [2.05, 4.69) is 4.98 Å². The Morgan fingerprint density at radius 2 is 1.72 bits per heavy atom. The van der Waals surface area contributed by atoms with Crippen LogP contribution in [0.5, 0.6) is 0 Å². The van der Waals surface area contributed by atoms with Crippen molar-refractivity contribution in [2.45, 2.75) is 25.8 Å². The van der Waals surface area contributed by atoms with Crippen LogP contribution in [-0.4, -0.2) is 26.4 Å². The monoisotopic (exact) mass is 400 g/mol. The summed E-state index contributed by atoms with van der Waals surface area (Å²) in [4.78, 5) is 28.2. The molecule has 0 bridgehead atoms. The molecule has 1 aliphatic rings. The summed E-state index contributed by atoms with van der Waals surface area (Å²) in [5.41, 5.74) is -0.130. The van der Waals surface area contributed by atoms with E-state index in [1.54, 1.807) is 4.57 Å². The molecule has 5 nitrogen and oxygen atoms in total. The fourth-order valence-corrected chi connectivity index (χ4v) is 3.60. The van der Waals surface area contributed by atoms with Crippen molar-refractivity contribution in [2.75, 3.05) is 0 Å². The highest BCUT2D eigenvalue weighted by atomic mass is 19.1. The summed E-state index contributed by atoms with van der Waals surface area (Å²) in [5, 5.41) is 9.02. The van der Waals surface area contributed by atoms with Gasteiger partial charge in [-0.3, -0.25) is 4.79 Å². The summed E-state index contributed by atoms with van der Waals surface area (Å²) in [6.45, 7) is 0.411. The number of hydrogen-bond donors (Lipinski definition) is 1. The van der Waals surface area contributed by atoms with Gasteiger partial charge >= 0.3 is 5.97 Å². The number of ketones is 1. The minimum absolute atomic E-state index is 0.0358. The fraction of sp³-hybridized carbons (Fsp3) is 0.190. The van der Waals surface area contributed by atoms with Gasteiger partial charge in [0.15, 0.2) is 5.82 Å². The minimum atomic E-state index is -1.27. The molecule has 2 heterocycles. The lowest BCUT2D eigenvalue weighted by molar-refractivity contribution is 0.0696. The van der Waals surface area contributed by atoms with Crippen LogP contribution in [0.15, 0.2) is 36.4 Å². The fourth-order valence-electron chi connectivity index (χ4n) is 3.60. The molecule has 1 aromatic heterocycles. The number of hydrogen-bond acceptors (Lipinski definition) is 3. The zero-order valence-corrected chi connectivity index (χ0v) is 15.1. The first-order valence-electron chi connectivity index (χ1n) is 9.00. The van der Waals surface area contributed by atoms with Gasteiger partial charge in [0.05, 0.1) is 16.8 Å². The molecule has 8 heteroatoms. The molecule has 0 fully saturated rings. The van der Waals surface area contributed by atoms with Gasteiger partial charge in [-0.1, -0.05) is 6.07 Å². The summed E-state index contributed by atoms with van der Waals surface area (Å²) in [6.07, 6.45) is 2.04. The Kier molecular flexibility index (Phi) is 4.70. The largest absolute Gasteiger partial charge is 0.478 e. The number of carbonyl (C=O) groups is 2. The molecule has 0 aliphatic carbocycles. The second kappa shape index (κ2) is 7.20. The van der Waals surface area contributed by atoms with E-state index >= 15 is 0 Å². The lowest BCUT2D eigenvalue weighted by atomic mass is 10.0. The van der Waals surface area contributed by atoms with Crippen LogP contribution in [0.2, 0.25) is 0 Å². The third-order valence-electron chi connectivity index (χ3n) is 4.98. The zero-order valence-electron chi connectivity index (χ0n) is 15.1. The third kappa shape index (κ3) is 3.20. The molecule has 0 amide bonds. The molecule has 3 aromatic rings. The van der Waals surface area contributed by atoms with E-state index in [-0.39, 0.29) is 22.6 Å². The predicted octanol–water partition coefficient (Wildman–Crippen LogP) is 4.23. The van der Waals surface area contributed by atoms with Crippen LogP contribution in [0.4, 0.5) is 13.2 Å². The number of fused-ring (bicyclic) bond motifs is 1. The highest BCUT2D eigenvalue weighted by Crippen LogP contribution is 2.32. The number of rotatable bonds is 4. The van der Waals surface area contributed by atoms with E-state index in [9.17, 15) is 22.8 Å². The summed E-state index contributed by atoms with van der Waals surface area (Å²) >= 11 is 0. The first-order valence-corrected chi connectivity index (χ1v) is 9.00. The number of carboxylic acid groups (broad SMARTS) is 1. The minimum Gasteiger partial charge on any atom is -0.478 e. The second-order valence-corrected chi connectivity index (χ2v) is 6.77. The molecular weight excluding hydrogens is 385 g/mol. The summed E-state index contributed by atoms with van der Waals surface area (Å²) in [7, 11) is 0. The molecule has 0 radical (unpaired) electrons. The van der Waals surface area contributed by atoms with Crippen molar-refractivity contribution in [3.8, 4) is 11.3 Å². The number of halogens is 3. The maximum atomic E-state index is 14.6. The van der Waals surface area contributed by atoms with Crippen LogP contribution in [0.1, 0.15) is 45.1 Å². The van der Waals surface area contributed by atoms with Gasteiger partial charge in [0, 0.05) is 17.8 Å². The molecular formula is C21H15F3N2O3. The standard InChI is InChI=1S/C21H15F3N2O3/c22-13-4-3-5-14(23)17(13)19(27)20-25-18(16-6-1-2-9-26(16)20)12-8-7-11(21(28)29)10-15(12)24/h3-5,7-8,10H,1-2,6,9H2,(H,28,29). The Labute approximate surface area is 163 Å². The normalized spacial score (nSPS) is 13.2. The van der Waals surface area contributed by atoms with Crippen LogP contribution in [0.3, 0.4) is 0 Å². The van der Waals surface area contributed by atoms with Crippen LogP contribution in [0.25, 0.3) is 11.3 Å². The Balaban J connectivity index is 1.88. The van der Waals surface area contributed by atoms with Crippen molar-refractivity contribution in [1.82, 2.24) is 9.55 Å². The lowest BCUT2D eigenvalue weighted by Gasteiger charge is -2.17. The Morgan fingerprint density at radius 3 is 2.38 bits per heavy atom. The van der Waals surface area contributed by atoms with Gasteiger partial charge in [0.1, 0.15) is 17.5 Å². The van der Waals surface area contributed by atoms with Gasteiger partial charge < -0.3 is 9.67 Å². The quantitative estimate of drug-likeness (QED) is 0.665. The van der Waals surface area contributed by atoms with E-state index in [1.807, 2.05) is 0 Å². The van der Waals surface area contributed by atoms with Gasteiger partial charge in [0.25, 0.3) is 0 Å². The maximum Gasteiger partial charge on any atom is 0.335 e. The number of carbonyl (C=O) groups excluding carboxylic acids is 1.